The molecule has 1 spiro atoms. The molecule has 2 saturated heterocycles. The molecule has 1 saturated carbocycles. The second kappa shape index (κ2) is 6.25. The van der Waals surface area contributed by atoms with Gasteiger partial charge in [-0.2, -0.15) is 0 Å². The Kier molecular flexibility index (Phi) is 4.55. The van der Waals surface area contributed by atoms with Gasteiger partial charge in [-0.15, -0.1) is 0 Å². The van der Waals surface area contributed by atoms with Gasteiger partial charge in [0, 0.05) is 26.1 Å². The number of hydrogen-bond donors (Lipinski definition) is 2. The van der Waals surface area contributed by atoms with Gasteiger partial charge in [-0.25, -0.2) is 0 Å². The predicted octanol–water partition coefficient (Wildman–Crippen LogP) is 1.89. The highest BCUT2D eigenvalue weighted by atomic mass is 16.2. The zero-order valence-corrected chi connectivity index (χ0v) is 13.3. The van der Waals surface area contributed by atoms with Crippen LogP contribution >= 0.6 is 0 Å². The third-order valence-electron chi connectivity index (χ3n) is 6.38. The van der Waals surface area contributed by atoms with Crippen molar-refractivity contribution in [1.82, 2.24) is 10.2 Å². The van der Waals surface area contributed by atoms with E-state index in [1.807, 2.05) is 0 Å². The molecule has 0 aromatic carbocycles. The fraction of sp³-hybridized carbons (Fsp3) is 0.941. The van der Waals surface area contributed by atoms with E-state index in [9.17, 15) is 4.79 Å². The van der Waals surface area contributed by atoms with Gasteiger partial charge in [-0.05, 0) is 56.0 Å². The molecule has 3 aliphatic rings. The Bertz CT molecular complexity index is 360. The maximum Gasteiger partial charge on any atom is 0.223 e. The van der Waals surface area contributed by atoms with Crippen LogP contribution in [-0.2, 0) is 4.79 Å². The quantitative estimate of drug-likeness (QED) is 0.835. The Morgan fingerprint density at radius 3 is 2.33 bits per heavy atom. The zero-order chi connectivity index (χ0) is 14.8. The minimum atomic E-state index is 0.110. The van der Waals surface area contributed by atoms with Crippen molar-refractivity contribution in [2.45, 2.75) is 57.8 Å². The molecule has 0 bridgehead atoms. The van der Waals surface area contributed by atoms with Gasteiger partial charge in [0.2, 0.25) is 5.91 Å². The summed E-state index contributed by atoms with van der Waals surface area (Å²) in [5.41, 5.74) is 6.64. The summed E-state index contributed by atoms with van der Waals surface area (Å²) in [6.45, 7) is 4.91. The average Bonchev–Trinajstić information content (AvgIpc) is 2.97. The number of carbonyl (C=O) groups is 1. The highest BCUT2D eigenvalue weighted by Gasteiger charge is 2.40. The van der Waals surface area contributed by atoms with E-state index >= 15 is 0 Å². The van der Waals surface area contributed by atoms with Gasteiger partial charge in [0.25, 0.3) is 0 Å². The van der Waals surface area contributed by atoms with E-state index in [-0.39, 0.29) is 5.41 Å². The van der Waals surface area contributed by atoms with Gasteiger partial charge in [0.15, 0.2) is 0 Å². The van der Waals surface area contributed by atoms with Crippen LogP contribution in [0.15, 0.2) is 0 Å². The maximum atomic E-state index is 12.7. The number of piperidine rings is 1. The molecule has 120 valence electrons. The first-order valence-corrected chi connectivity index (χ1v) is 8.86. The highest BCUT2D eigenvalue weighted by molar-refractivity contribution is 5.77. The number of rotatable bonds is 3. The largest absolute Gasteiger partial charge is 0.343 e. The van der Waals surface area contributed by atoms with Crippen LogP contribution in [0.1, 0.15) is 57.8 Å². The monoisotopic (exact) mass is 293 g/mol. The number of amides is 1. The summed E-state index contributed by atoms with van der Waals surface area (Å²) in [6.07, 6.45) is 10.5. The predicted molar refractivity (Wildman–Crippen MR) is 84.9 cm³/mol. The van der Waals surface area contributed by atoms with Crippen LogP contribution < -0.4 is 11.1 Å². The molecule has 1 aliphatic carbocycles. The molecule has 3 N–H and O–H groups in total. The molecule has 1 amide bonds. The average molecular weight is 293 g/mol. The van der Waals surface area contributed by atoms with E-state index in [0.29, 0.717) is 24.3 Å². The van der Waals surface area contributed by atoms with E-state index in [1.54, 1.807) is 0 Å². The van der Waals surface area contributed by atoms with E-state index < -0.39 is 0 Å². The molecule has 0 aromatic heterocycles. The van der Waals surface area contributed by atoms with Crippen molar-refractivity contribution < 1.29 is 4.79 Å². The summed E-state index contributed by atoms with van der Waals surface area (Å²) < 4.78 is 0. The summed E-state index contributed by atoms with van der Waals surface area (Å²) in [4.78, 5) is 14.8. The van der Waals surface area contributed by atoms with Gasteiger partial charge >= 0.3 is 0 Å². The van der Waals surface area contributed by atoms with Crippen molar-refractivity contribution in [3.05, 3.63) is 0 Å². The molecule has 2 heterocycles. The molecular weight excluding hydrogens is 262 g/mol. The van der Waals surface area contributed by atoms with Crippen LogP contribution in [0.4, 0.5) is 0 Å². The van der Waals surface area contributed by atoms with Crippen LogP contribution in [0.3, 0.4) is 0 Å². The van der Waals surface area contributed by atoms with Gasteiger partial charge in [0.05, 0.1) is 0 Å². The van der Waals surface area contributed by atoms with Crippen molar-refractivity contribution in [2.24, 2.45) is 16.6 Å². The Hall–Kier alpha value is -0.610. The number of likely N-dealkylation sites (tertiary alicyclic amines) is 1. The summed E-state index contributed by atoms with van der Waals surface area (Å²) in [5.74, 6) is 0.364. The van der Waals surface area contributed by atoms with Crippen molar-refractivity contribution in [3.8, 4) is 0 Å². The Labute approximate surface area is 128 Å². The van der Waals surface area contributed by atoms with Crippen molar-refractivity contribution in [2.75, 3.05) is 32.7 Å². The van der Waals surface area contributed by atoms with Crippen LogP contribution in [-0.4, -0.2) is 43.5 Å². The van der Waals surface area contributed by atoms with Gasteiger partial charge in [-0.1, -0.05) is 19.3 Å². The minimum Gasteiger partial charge on any atom is -0.343 e. The lowest BCUT2D eigenvalue weighted by Crippen LogP contribution is -2.46. The van der Waals surface area contributed by atoms with Crippen LogP contribution in [0.2, 0.25) is 0 Å². The van der Waals surface area contributed by atoms with E-state index in [1.165, 1.54) is 38.5 Å². The van der Waals surface area contributed by atoms with Crippen molar-refractivity contribution in [3.63, 3.8) is 0 Å². The first-order chi connectivity index (χ1) is 10.2. The lowest BCUT2D eigenvalue weighted by Gasteiger charge is -2.41. The summed E-state index contributed by atoms with van der Waals surface area (Å²) >= 11 is 0. The molecule has 0 atom stereocenters. The smallest absolute Gasteiger partial charge is 0.223 e. The fourth-order valence-electron chi connectivity index (χ4n) is 4.64. The first-order valence-electron chi connectivity index (χ1n) is 8.86. The Morgan fingerprint density at radius 1 is 1.05 bits per heavy atom. The van der Waals surface area contributed by atoms with Crippen molar-refractivity contribution >= 4 is 5.91 Å². The van der Waals surface area contributed by atoms with Crippen LogP contribution in [0.5, 0.6) is 0 Å². The Balaban J connectivity index is 1.54. The summed E-state index contributed by atoms with van der Waals surface area (Å²) in [7, 11) is 0. The van der Waals surface area contributed by atoms with Gasteiger partial charge in [-0.3, -0.25) is 4.79 Å². The van der Waals surface area contributed by atoms with Crippen molar-refractivity contribution in [1.29, 1.82) is 0 Å². The van der Waals surface area contributed by atoms with Crippen LogP contribution in [0.25, 0.3) is 0 Å². The molecule has 3 fully saturated rings. The third kappa shape index (κ3) is 3.26. The molecular formula is C17H31N3O. The minimum absolute atomic E-state index is 0.110. The number of carbonyl (C=O) groups excluding carboxylic acids is 1. The van der Waals surface area contributed by atoms with E-state index in [0.717, 1.165) is 39.0 Å². The van der Waals surface area contributed by atoms with Crippen LogP contribution in [0, 0.1) is 10.8 Å². The lowest BCUT2D eigenvalue weighted by atomic mass is 9.71. The standard InChI is InChI=1S/C17H31N3O/c18-13-17(4-2-1-3-5-17)12-15(21)20-10-7-16(8-11-20)6-9-19-14-16/h19H,1-14,18H2. The molecule has 4 nitrogen and oxygen atoms in total. The fourth-order valence-corrected chi connectivity index (χ4v) is 4.64. The number of nitrogens with one attached hydrogen (secondary N) is 1. The summed E-state index contributed by atoms with van der Waals surface area (Å²) in [6, 6.07) is 0. The molecule has 0 unspecified atom stereocenters. The summed E-state index contributed by atoms with van der Waals surface area (Å²) in [5, 5.41) is 3.49. The third-order valence-corrected chi connectivity index (χ3v) is 6.38. The number of hydrogen-bond acceptors (Lipinski definition) is 3. The zero-order valence-electron chi connectivity index (χ0n) is 13.3. The molecule has 4 heteroatoms. The van der Waals surface area contributed by atoms with E-state index in [4.69, 9.17) is 5.73 Å². The highest BCUT2D eigenvalue weighted by Crippen LogP contribution is 2.40. The normalized spacial score (nSPS) is 28.0. The lowest BCUT2D eigenvalue weighted by molar-refractivity contribution is -0.136. The number of nitrogens with zero attached hydrogens (tertiary/aromatic N) is 1. The topological polar surface area (TPSA) is 58.4 Å². The molecule has 2 aliphatic heterocycles. The SMILES string of the molecule is NCC1(CC(=O)N2CCC3(CCNC3)CC2)CCCCC1. The molecule has 0 radical (unpaired) electrons. The number of nitrogens with two attached hydrogens (primary N) is 1. The molecule has 21 heavy (non-hydrogen) atoms. The first kappa shape index (κ1) is 15.3. The second-order valence-corrected chi connectivity index (χ2v) is 7.75. The van der Waals surface area contributed by atoms with E-state index in [2.05, 4.69) is 10.2 Å². The maximum absolute atomic E-state index is 12.7. The van der Waals surface area contributed by atoms with Gasteiger partial charge < -0.3 is 16.0 Å². The Morgan fingerprint density at radius 2 is 1.76 bits per heavy atom. The molecule has 3 rings (SSSR count). The second-order valence-electron chi connectivity index (χ2n) is 7.75. The molecule has 0 aromatic rings. The van der Waals surface area contributed by atoms with Gasteiger partial charge in [0.1, 0.15) is 0 Å².